The molecule has 0 radical (unpaired) electrons. The predicted octanol–water partition coefficient (Wildman–Crippen LogP) is 2.54. The zero-order valence-electron chi connectivity index (χ0n) is 10.9. The van der Waals surface area contributed by atoms with Crippen molar-refractivity contribution in [2.75, 3.05) is 13.2 Å². The summed E-state index contributed by atoms with van der Waals surface area (Å²) in [6.45, 7) is 6.79. The van der Waals surface area contributed by atoms with E-state index >= 15 is 0 Å². The van der Waals surface area contributed by atoms with Gasteiger partial charge in [-0.1, -0.05) is 26.7 Å². The minimum atomic E-state index is -0.937. The molecule has 0 bridgehead atoms. The van der Waals surface area contributed by atoms with Gasteiger partial charge in [-0.3, -0.25) is 4.84 Å². The van der Waals surface area contributed by atoms with E-state index in [1.165, 1.54) is 0 Å². The number of hydrogen-bond acceptors (Lipinski definition) is 5. The van der Waals surface area contributed by atoms with E-state index in [1.807, 2.05) is 6.92 Å². The third-order valence-electron chi connectivity index (χ3n) is 2.23. The van der Waals surface area contributed by atoms with E-state index in [1.54, 1.807) is 6.92 Å². The van der Waals surface area contributed by atoms with E-state index in [0.717, 1.165) is 25.7 Å². The second-order valence-electron chi connectivity index (χ2n) is 3.85. The van der Waals surface area contributed by atoms with Gasteiger partial charge in [0.1, 0.15) is 6.10 Å². The van der Waals surface area contributed by atoms with Crippen LogP contribution in [-0.2, 0) is 14.3 Å². The fourth-order valence-corrected chi connectivity index (χ4v) is 1.17. The average molecular weight is 249 g/mol. The standard InChI is InChI=1S/C11H23NO5/c1-4-6-8-15-10(3)11(17-12(13)14)16-9-7-5-2/h10-11H,4-9H2,1-3H3. The summed E-state index contributed by atoms with van der Waals surface area (Å²) in [7, 11) is 0. The van der Waals surface area contributed by atoms with Gasteiger partial charge >= 0.3 is 0 Å². The van der Waals surface area contributed by atoms with Crippen molar-refractivity contribution in [1.29, 1.82) is 0 Å². The molecular weight excluding hydrogens is 226 g/mol. The van der Waals surface area contributed by atoms with Crippen LogP contribution in [0.15, 0.2) is 0 Å². The monoisotopic (exact) mass is 249 g/mol. The Morgan fingerprint density at radius 1 is 1.12 bits per heavy atom. The molecule has 6 nitrogen and oxygen atoms in total. The lowest BCUT2D eigenvalue weighted by molar-refractivity contribution is -0.783. The normalized spacial score (nSPS) is 14.3. The van der Waals surface area contributed by atoms with Gasteiger partial charge in [-0.15, -0.1) is 10.1 Å². The molecule has 2 atom stereocenters. The zero-order chi connectivity index (χ0) is 13.1. The topological polar surface area (TPSA) is 70.8 Å². The number of rotatable bonds is 11. The average Bonchev–Trinajstić information content (AvgIpc) is 2.27. The first-order valence-electron chi connectivity index (χ1n) is 6.16. The molecule has 0 spiro atoms. The highest BCUT2D eigenvalue weighted by Gasteiger charge is 2.22. The first-order valence-corrected chi connectivity index (χ1v) is 6.16. The smallest absolute Gasteiger partial charge is 0.297 e. The highest BCUT2D eigenvalue weighted by Crippen LogP contribution is 2.08. The Kier molecular flexibility index (Phi) is 9.75. The molecule has 0 fully saturated rings. The van der Waals surface area contributed by atoms with Crippen LogP contribution in [0.25, 0.3) is 0 Å². The molecule has 17 heavy (non-hydrogen) atoms. The van der Waals surface area contributed by atoms with Gasteiger partial charge in [0.2, 0.25) is 6.29 Å². The van der Waals surface area contributed by atoms with E-state index in [4.69, 9.17) is 9.47 Å². The van der Waals surface area contributed by atoms with E-state index < -0.39 is 17.5 Å². The summed E-state index contributed by atoms with van der Waals surface area (Å²) >= 11 is 0. The van der Waals surface area contributed by atoms with Gasteiger partial charge < -0.3 is 9.47 Å². The maximum Gasteiger partial charge on any atom is 0.297 e. The van der Waals surface area contributed by atoms with Crippen molar-refractivity contribution in [2.24, 2.45) is 0 Å². The predicted molar refractivity (Wildman–Crippen MR) is 63.0 cm³/mol. The van der Waals surface area contributed by atoms with Gasteiger partial charge in [0.15, 0.2) is 0 Å². The van der Waals surface area contributed by atoms with Gasteiger partial charge in [0.25, 0.3) is 5.09 Å². The highest BCUT2D eigenvalue weighted by atomic mass is 17.0. The lowest BCUT2D eigenvalue weighted by Gasteiger charge is -2.22. The summed E-state index contributed by atoms with van der Waals surface area (Å²) in [4.78, 5) is 14.8. The van der Waals surface area contributed by atoms with Gasteiger partial charge in [-0.25, -0.2) is 0 Å². The molecule has 2 unspecified atom stereocenters. The van der Waals surface area contributed by atoms with Crippen molar-refractivity contribution in [3.63, 3.8) is 0 Å². The van der Waals surface area contributed by atoms with Crippen molar-refractivity contribution in [2.45, 2.75) is 58.8 Å². The van der Waals surface area contributed by atoms with E-state index in [9.17, 15) is 10.1 Å². The summed E-state index contributed by atoms with van der Waals surface area (Å²) in [5, 5.41) is 9.49. The van der Waals surface area contributed by atoms with Crippen molar-refractivity contribution in [3.05, 3.63) is 10.1 Å². The van der Waals surface area contributed by atoms with Crippen LogP contribution in [0.4, 0.5) is 0 Å². The Bertz CT molecular complexity index is 200. The van der Waals surface area contributed by atoms with Crippen molar-refractivity contribution in [3.8, 4) is 0 Å². The quantitative estimate of drug-likeness (QED) is 0.243. The summed E-state index contributed by atoms with van der Waals surface area (Å²) < 4.78 is 10.7. The number of unbranched alkanes of at least 4 members (excludes halogenated alkanes) is 2. The molecule has 0 rings (SSSR count). The summed E-state index contributed by atoms with van der Waals surface area (Å²) in [6.07, 6.45) is 2.38. The van der Waals surface area contributed by atoms with Crippen molar-refractivity contribution in [1.82, 2.24) is 0 Å². The molecule has 102 valence electrons. The molecule has 0 aromatic rings. The third-order valence-corrected chi connectivity index (χ3v) is 2.23. The molecule has 6 heteroatoms. The Morgan fingerprint density at radius 2 is 1.65 bits per heavy atom. The second-order valence-corrected chi connectivity index (χ2v) is 3.85. The van der Waals surface area contributed by atoms with Gasteiger partial charge in [-0.2, -0.15) is 0 Å². The molecule has 0 aliphatic carbocycles. The maximum atomic E-state index is 10.3. The minimum Gasteiger partial charge on any atom is -0.374 e. The summed E-state index contributed by atoms with van der Waals surface area (Å²) in [5.74, 6) is 0. The minimum absolute atomic E-state index is 0.441. The lowest BCUT2D eigenvalue weighted by atomic mass is 10.3. The molecule has 0 saturated heterocycles. The molecule has 0 saturated carbocycles. The van der Waals surface area contributed by atoms with Crippen LogP contribution in [0.1, 0.15) is 46.5 Å². The fraction of sp³-hybridized carbons (Fsp3) is 1.00. The first kappa shape index (κ1) is 16.1. The van der Waals surface area contributed by atoms with Crippen LogP contribution in [-0.4, -0.2) is 30.7 Å². The van der Waals surface area contributed by atoms with Gasteiger partial charge in [-0.05, 0) is 19.8 Å². The molecule has 0 N–H and O–H groups in total. The molecule has 0 amide bonds. The van der Waals surface area contributed by atoms with Crippen LogP contribution in [0.2, 0.25) is 0 Å². The van der Waals surface area contributed by atoms with Crippen molar-refractivity contribution >= 4 is 0 Å². The van der Waals surface area contributed by atoms with E-state index in [2.05, 4.69) is 11.8 Å². The Morgan fingerprint density at radius 3 is 2.12 bits per heavy atom. The second kappa shape index (κ2) is 10.3. The molecular formula is C11H23NO5. The Hall–Kier alpha value is -0.880. The summed E-state index contributed by atoms with van der Waals surface area (Å²) in [5.41, 5.74) is 0. The Balaban J connectivity index is 4.00. The highest BCUT2D eigenvalue weighted by molar-refractivity contribution is 4.55. The SMILES string of the molecule is CCCCOC(C)C(OCCCC)O[N+](=O)[O-]. The largest absolute Gasteiger partial charge is 0.374 e. The molecule has 0 heterocycles. The van der Waals surface area contributed by atoms with Gasteiger partial charge in [0, 0.05) is 13.2 Å². The Labute approximate surface area is 102 Å². The van der Waals surface area contributed by atoms with Crippen LogP contribution in [0, 0.1) is 10.1 Å². The van der Waals surface area contributed by atoms with E-state index in [-0.39, 0.29) is 0 Å². The number of nitrogens with zero attached hydrogens (tertiary/aromatic N) is 1. The molecule has 0 aliphatic heterocycles. The van der Waals surface area contributed by atoms with Gasteiger partial charge in [0.05, 0.1) is 0 Å². The number of hydrogen-bond donors (Lipinski definition) is 0. The van der Waals surface area contributed by atoms with Crippen LogP contribution >= 0.6 is 0 Å². The molecule has 0 aromatic heterocycles. The van der Waals surface area contributed by atoms with Crippen LogP contribution in [0.3, 0.4) is 0 Å². The maximum absolute atomic E-state index is 10.3. The fourth-order valence-electron chi connectivity index (χ4n) is 1.17. The van der Waals surface area contributed by atoms with Crippen molar-refractivity contribution < 1.29 is 19.4 Å². The first-order chi connectivity index (χ1) is 8.11. The van der Waals surface area contributed by atoms with Crippen LogP contribution < -0.4 is 0 Å². The number of ether oxygens (including phenoxy) is 2. The molecule has 0 aliphatic rings. The van der Waals surface area contributed by atoms with E-state index in [0.29, 0.717) is 13.2 Å². The third kappa shape index (κ3) is 8.88. The zero-order valence-corrected chi connectivity index (χ0v) is 10.9. The molecule has 0 aromatic carbocycles. The van der Waals surface area contributed by atoms with Crippen LogP contribution in [0.5, 0.6) is 0 Å². The summed E-state index contributed by atoms with van der Waals surface area (Å²) in [6, 6.07) is 0. The lowest BCUT2D eigenvalue weighted by Crippen LogP contribution is -2.34.